The van der Waals surface area contributed by atoms with Gasteiger partial charge >= 0.3 is 0 Å². The van der Waals surface area contributed by atoms with E-state index in [-0.39, 0.29) is 0 Å². The second-order valence-electron chi connectivity index (χ2n) is 4.49. The van der Waals surface area contributed by atoms with E-state index in [1.165, 1.54) is 0 Å². The van der Waals surface area contributed by atoms with Crippen LogP contribution in [-0.2, 0) is 4.74 Å². The molecule has 1 unspecified atom stereocenters. The Balaban J connectivity index is 3.39. The zero-order chi connectivity index (χ0) is 11.7. The predicted molar refractivity (Wildman–Crippen MR) is 62.6 cm³/mol. The molecule has 0 aliphatic heterocycles. The van der Waals surface area contributed by atoms with E-state index in [1.807, 2.05) is 7.05 Å². The van der Waals surface area contributed by atoms with Crippen molar-refractivity contribution in [2.75, 3.05) is 26.8 Å². The highest BCUT2D eigenvalue weighted by Crippen LogP contribution is 2.01. The van der Waals surface area contributed by atoms with Gasteiger partial charge in [0.15, 0.2) is 0 Å². The van der Waals surface area contributed by atoms with E-state index >= 15 is 0 Å². The summed E-state index contributed by atoms with van der Waals surface area (Å²) >= 11 is 0. The number of nitriles is 1. The maximum absolute atomic E-state index is 8.55. The molecular formula is C12H24N2O. The summed E-state index contributed by atoms with van der Waals surface area (Å²) in [5.74, 6) is 0.709. The third-order valence-corrected chi connectivity index (χ3v) is 2.57. The fraction of sp³-hybridized carbons (Fsp3) is 0.917. The fourth-order valence-corrected chi connectivity index (χ4v) is 1.14. The van der Waals surface area contributed by atoms with Crippen molar-refractivity contribution >= 4 is 0 Å². The Morgan fingerprint density at radius 2 is 1.93 bits per heavy atom. The first-order valence-corrected chi connectivity index (χ1v) is 5.72. The number of hydrogen-bond acceptors (Lipinski definition) is 3. The fourth-order valence-electron chi connectivity index (χ4n) is 1.14. The van der Waals surface area contributed by atoms with Crippen LogP contribution >= 0.6 is 0 Å². The van der Waals surface area contributed by atoms with Crippen molar-refractivity contribution in [2.45, 2.75) is 39.7 Å². The van der Waals surface area contributed by atoms with Crippen molar-refractivity contribution < 1.29 is 4.74 Å². The minimum Gasteiger partial charge on any atom is -0.380 e. The van der Waals surface area contributed by atoms with E-state index in [4.69, 9.17) is 10.00 Å². The molecule has 0 saturated carbocycles. The first-order chi connectivity index (χ1) is 7.07. The molecule has 0 aliphatic carbocycles. The van der Waals surface area contributed by atoms with Gasteiger partial charge in [0.05, 0.1) is 19.1 Å². The maximum Gasteiger partial charge on any atom is 0.0638 e. The maximum atomic E-state index is 8.55. The van der Waals surface area contributed by atoms with Gasteiger partial charge in [-0.25, -0.2) is 0 Å². The highest BCUT2D eigenvalue weighted by Gasteiger charge is 2.07. The van der Waals surface area contributed by atoms with Crippen molar-refractivity contribution in [1.29, 1.82) is 5.26 Å². The third-order valence-electron chi connectivity index (χ3n) is 2.57. The van der Waals surface area contributed by atoms with Gasteiger partial charge in [0.1, 0.15) is 0 Å². The molecule has 3 nitrogen and oxygen atoms in total. The van der Waals surface area contributed by atoms with Crippen molar-refractivity contribution in [3.05, 3.63) is 0 Å². The monoisotopic (exact) mass is 212 g/mol. The molecule has 0 rings (SSSR count). The SMILES string of the molecule is CC(C)CCOCCN(C)C(C)CC#N. The van der Waals surface area contributed by atoms with E-state index < -0.39 is 0 Å². The zero-order valence-corrected chi connectivity index (χ0v) is 10.5. The van der Waals surface area contributed by atoms with Gasteiger partial charge in [-0.2, -0.15) is 5.26 Å². The highest BCUT2D eigenvalue weighted by atomic mass is 16.5. The molecule has 0 saturated heterocycles. The van der Waals surface area contributed by atoms with Gasteiger partial charge in [0, 0.05) is 19.2 Å². The Labute approximate surface area is 94.0 Å². The van der Waals surface area contributed by atoms with Gasteiger partial charge in [-0.15, -0.1) is 0 Å². The molecule has 0 aromatic carbocycles. The molecule has 88 valence electrons. The molecule has 0 heterocycles. The third kappa shape index (κ3) is 8.41. The number of nitrogens with zero attached hydrogens (tertiary/aromatic N) is 2. The van der Waals surface area contributed by atoms with Gasteiger partial charge in [-0.05, 0) is 26.3 Å². The molecule has 0 aliphatic rings. The van der Waals surface area contributed by atoms with E-state index in [9.17, 15) is 0 Å². The molecule has 0 bridgehead atoms. The first kappa shape index (κ1) is 14.4. The van der Waals surface area contributed by atoms with Crippen LogP contribution < -0.4 is 0 Å². The van der Waals surface area contributed by atoms with Gasteiger partial charge in [0.25, 0.3) is 0 Å². The molecular weight excluding hydrogens is 188 g/mol. The molecule has 0 amide bonds. The van der Waals surface area contributed by atoms with Crippen molar-refractivity contribution in [2.24, 2.45) is 5.92 Å². The van der Waals surface area contributed by atoms with Crippen LogP contribution in [0.15, 0.2) is 0 Å². The van der Waals surface area contributed by atoms with Crippen LogP contribution in [0, 0.1) is 17.2 Å². The summed E-state index contributed by atoms with van der Waals surface area (Å²) < 4.78 is 5.52. The van der Waals surface area contributed by atoms with Crippen LogP contribution in [0.4, 0.5) is 0 Å². The second-order valence-corrected chi connectivity index (χ2v) is 4.49. The number of likely N-dealkylation sites (N-methyl/N-ethyl adjacent to an activating group) is 1. The molecule has 0 spiro atoms. The van der Waals surface area contributed by atoms with Gasteiger partial charge < -0.3 is 9.64 Å². The van der Waals surface area contributed by atoms with Gasteiger partial charge in [-0.3, -0.25) is 0 Å². The van der Waals surface area contributed by atoms with Gasteiger partial charge in [0.2, 0.25) is 0 Å². The molecule has 15 heavy (non-hydrogen) atoms. The molecule has 0 radical (unpaired) electrons. The van der Waals surface area contributed by atoms with Crippen LogP contribution in [0.5, 0.6) is 0 Å². The summed E-state index contributed by atoms with van der Waals surface area (Å²) in [5.41, 5.74) is 0. The molecule has 3 heteroatoms. The minimum atomic E-state index is 0.323. The smallest absolute Gasteiger partial charge is 0.0638 e. The van der Waals surface area contributed by atoms with E-state index in [1.54, 1.807) is 0 Å². The lowest BCUT2D eigenvalue weighted by Gasteiger charge is -2.22. The Hall–Kier alpha value is -0.590. The summed E-state index contributed by atoms with van der Waals surface area (Å²) in [6.07, 6.45) is 1.71. The topological polar surface area (TPSA) is 36.3 Å². The molecule has 0 aromatic rings. The first-order valence-electron chi connectivity index (χ1n) is 5.72. The lowest BCUT2D eigenvalue weighted by Crippen LogP contribution is -2.31. The van der Waals surface area contributed by atoms with E-state index in [2.05, 4.69) is 31.7 Å². The summed E-state index contributed by atoms with van der Waals surface area (Å²) in [7, 11) is 2.04. The van der Waals surface area contributed by atoms with Crippen molar-refractivity contribution in [3.63, 3.8) is 0 Å². The molecule has 0 N–H and O–H groups in total. The number of rotatable bonds is 8. The molecule has 0 fully saturated rings. The minimum absolute atomic E-state index is 0.323. The van der Waals surface area contributed by atoms with E-state index in [0.717, 1.165) is 26.2 Å². The van der Waals surface area contributed by atoms with Crippen LogP contribution in [0.25, 0.3) is 0 Å². The lowest BCUT2D eigenvalue weighted by molar-refractivity contribution is 0.0940. The zero-order valence-electron chi connectivity index (χ0n) is 10.5. The largest absolute Gasteiger partial charge is 0.380 e. The Morgan fingerprint density at radius 1 is 1.27 bits per heavy atom. The molecule has 0 aromatic heterocycles. The van der Waals surface area contributed by atoms with E-state index in [0.29, 0.717) is 18.4 Å². The van der Waals surface area contributed by atoms with Crippen LogP contribution in [0.1, 0.15) is 33.6 Å². The Kier molecular flexibility index (Phi) is 8.35. The molecule has 1 atom stereocenters. The van der Waals surface area contributed by atoms with Crippen LogP contribution in [0.2, 0.25) is 0 Å². The normalized spacial score (nSPS) is 13.1. The summed E-state index contributed by atoms with van der Waals surface area (Å²) in [6, 6.07) is 2.51. The Bertz CT molecular complexity index is 187. The summed E-state index contributed by atoms with van der Waals surface area (Å²) in [5, 5.41) is 8.55. The standard InChI is InChI=1S/C12H24N2O/c1-11(2)6-9-15-10-8-14(4)12(3)5-7-13/h11-12H,5-6,8-10H2,1-4H3. The van der Waals surface area contributed by atoms with Crippen molar-refractivity contribution in [1.82, 2.24) is 4.90 Å². The average Bonchev–Trinajstić information content (AvgIpc) is 2.16. The van der Waals surface area contributed by atoms with Gasteiger partial charge in [-0.1, -0.05) is 13.8 Å². The average molecular weight is 212 g/mol. The highest BCUT2D eigenvalue weighted by molar-refractivity contribution is 4.78. The van der Waals surface area contributed by atoms with Crippen LogP contribution in [-0.4, -0.2) is 37.7 Å². The quantitative estimate of drug-likeness (QED) is 0.579. The lowest BCUT2D eigenvalue weighted by atomic mass is 10.1. The van der Waals surface area contributed by atoms with Crippen LogP contribution in [0.3, 0.4) is 0 Å². The van der Waals surface area contributed by atoms with Crippen molar-refractivity contribution in [3.8, 4) is 6.07 Å². The summed E-state index contributed by atoms with van der Waals surface area (Å²) in [6.45, 7) is 8.98. The second kappa shape index (κ2) is 8.70. The summed E-state index contributed by atoms with van der Waals surface area (Å²) in [4.78, 5) is 2.17. The number of ether oxygens (including phenoxy) is 1. The Morgan fingerprint density at radius 3 is 2.47 bits per heavy atom. The number of hydrogen-bond donors (Lipinski definition) is 0. The predicted octanol–water partition coefficient (Wildman–Crippen LogP) is 2.28.